The number of primary amides is 1. The number of nitrogens with zero attached hydrogens (tertiary/aromatic N) is 4. The van der Waals surface area contributed by atoms with E-state index in [0.29, 0.717) is 25.9 Å². The zero-order valence-corrected chi connectivity index (χ0v) is 16.6. The van der Waals surface area contributed by atoms with Crippen molar-refractivity contribution in [3.8, 4) is 10.7 Å². The predicted molar refractivity (Wildman–Crippen MR) is 103 cm³/mol. The van der Waals surface area contributed by atoms with Crippen molar-refractivity contribution in [3.63, 3.8) is 0 Å². The molecule has 1 atom stereocenters. The lowest BCUT2D eigenvalue weighted by Gasteiger charge is -2.32. The third kappa shape index (κ3) is 3.93. The van der Waals surface area contributed by atoms with Gasteiger partial charge in [-0.05, 0) is 38.1 Å². The fourth-order valence-electron chi connectivity index (χ4n) is 3.10. The van der Waals surface area contributed by atoms with Crippen LogP contribution in [0.5, 0.6) is 0 Å². The largest absolute Gasteiger partial charge is 0.369 e. The number of aromatic nitrogens is 3. The highest BCUT2D eigenvalue weighted by Crippen LogP contribution is 2.30. The Hall–Kier alpha value is -1.87. The Bertz CT molecular complexity index is 766. The lowest BCUT2D eigenvalue weighted by atomic mass is 9.96. The Morgan fingerprint density at radius 1 is 1.38 bits per heavy atom. The molecule has 1 fully saturated rings. The van der Waals surface area contributed by atoms with Crippen molar-refractivity contribution in [3.05, 3.63) is 17.5 Å². The minimum absolute atomic E-state index is 0.0706. The normalized spacial score (nSPS) is 16.6. The molecule has 1 saturated heterocycles. The van der Waals surface area contributed by atoms with E-state index >= 15 is 0 Å². The summed E-state index contributed by atoms with van der Waals surface area (Å²) in [5.74, 6) is 0.531. The molecule has 26 heavy (non-hydrogen) atoms. The number of amides is 2. The van der Waals surface area contributed by atoms with Gasteiger partial charge >= 0.3 is 0 Å². The van der Waals surface area contributed by atoms with Crippen molar-refractivity contribution < 1.29 is 9.59 Å². The fraction of sp³-hybridized carbons (Fsp3) is 0.529. The lowest BCUT2D eigenvalue weighted by Crippen LogP contribution is -2.44. The van der Waals surface area contributed by atoms with Crippen molar-refractivity contribution in [2.24, 2.45) is 11.7 Å². The monoisotopic (exact) mass is 393 g/mol. The number of rotatable bonds is 6. The first-order valence-corrected chi connectivity index (χ1v) is 10.5. The van der Waals surface area contributed by atoms with Crippen LogP contribution in [-0.4, -0.2) is 49.8 Å². The van der Waals surface area contributed by atoms with Gasteiger partial charge in [0, 0.05) is 25.6 Å². The molecule has 2 aromatic heterocycles. The average molecular weight is 394 g/mol. The van der Waals surface area contributed by atoms with Crippen LogP contribution in [0.25, 0.3) is 10.7 Å². The van der Waals surface area contributed by atoms with Crippen molar-refractivity contribution in [1.82, 2.24) is 19.7 Å². The van der Waals surface area contributed by atoms with E-state index in [9.17, 15) is 9.59 Å². The average Bonchev–Trinajstić information content (AvgIpc) is 3.30. The molecule has 1 aliphatic heterocycles. The molecule has 140 valence electrons. The van der Waals surface area contributed by atoms with E-state index in [0.717, 1.165) is 22.4 Å². The molecule has 2 aromatic rings. The molecule has 9 heteroatoms. The van der Waals surface area contributed by atoms with Gasteiger partial charge in [0.15, 0.2) is 11.0 Å². The lowest BCUT2D eigenvalue weighted by molar-refractivity contribution is -0.134. The fourth-order valence-corrected chi connectivity index (χ4v) is 4.81. The Kier molecular flexibility index (Phi) is 5.98. The maximum Gasteiger partial charge on any atom is 0.235 e. The van der Waals surface area contributed by atoms with Crippen LogP contribution in [0.15, 0.2) is 22.7 Å². The summed E-state index contributed by atoms with van der Waals surface area (Å²) in [7, 11) is 0. The molecule has 0 aliphatic carbocycles. The molecule has 2 amide bonds. The van der Waals surface area contributed by atoms with Crippen LogP contribution in [-0.2, 0) is 16.1 Å². The van der Waals surface area contributed by atoms with Crippen LogP contribution < -0.4 is 5.73 Å². The molecule has 0 radical (unpaired) electrons. The van der Waals surface area contributed by atoms with Gasteiger partial charge in [0.2, 0.25) is 11.8 Å². The number of carbonyl (C=O) groups excluding carboxylic acids is 2. The number of carbonyl (C=O) groups is 2. The molecule has 0 bridgehead atoms. The van der Waals surface area contributed by atoms with Crippen molar-refractivity contribution in [1.29, 1.82) is 0 Å². The number of thiophene rings is 1. The minimum Gasteiger partial charge on any atom is -0.369 e. The number of piperidine rings is 1. The molecule has 2 N–H and O–H groups in total. The Morgan fingerprint density at radius 3 is 2.69 bits per heavy atom. The second-order valence-corrected chi connectivity index (χ2v) is 8.55. The standard InChI is InChI=1S/C17H23N5O2S2/c1-3-22-15(13-5-4-10-25-13)19-20-17(22)26-11(2)16(24)21-8-6-12(7-9-21)14(18)23/h4-5,10-12H,3,6-9H2,1-2H3,(H2,18,23). The van der Waals surface area contributed by atoms with E-state index in [4.69, 9.17) is 5.73 Å². The minimum atomic E-state index is -0.267. The van der Waals surface area contributed by atoms with E-state index in [-0.39, 0.29) is 23.0 Å². The summed E-state index contributed by atoms with van der Waals surface area (Å²) < 4.78 is 2.04. The molecule has 0 aromatic carbocycles. The smallest absolute Gasteiger partial charge is 0.235 e. The van der Waals surface area contributed by atoms with Gasteiger partial charge < -0.3 is 15.2 Å². The van der Waals surface area contributed by atoms with Crippen LogP contribution in [0.3, 0.4) is 0 Å². The molecule has 3 rings (SSSR count). The van der Waals surface area contributed by atoms with Crippen molar-refractivity contribution >= 4 is 34.9 Å². The van der Waals surface area contributed by atoms with Crippen LogP contribution in [0.1, 0.15) is 26.7 Å². The van der Waals surface area contributed by atoms with E-state index < -0.39 is 0 Å². The third-order valence-electron chi connectivity index (χ3n) is 4.61. The van der Waals surface area contributed by atoms with Gasteiger partial charge in [0.25, 0.3) is 0 Å². The summed E-state index contributed by atoms with van der Waals surface area (Å²) in [6.07, 6.45) is 1.29. The highest BCUT2D eigenvalue weighted by molar-refractivity contribution is 8.00. The first-order valence-electron chi connectivity index (χ1n) is 8.73. The van der Waals surface area contributed by atoms with Crippen LogP contribution in [0.2, 0.25) is 0 Å². The number of nitrogens with two attached hydrogens (primary N) is 1. The molecule has 0 saturated carbocycles. The van der Waals surface area contributed by atoms with E-state index in [2.05, 4.69) is 10.2 Å². The second-order valence-electron chi connectivity index (χ2n) is 6.29. The quantitative estimate of drug-likeness (QED) is 0.760. The van der Waals surface area contributed by atoms with Gasteiger partial charge in [-0.1, -0.05) is 17.8 Å². The summed E-state index contributed by atoms with van der Waals surface area (Å²) >= 11 is 3.06. The summed E-state index contributed by atoms with van der Waals surface area (Å²) in [6, 6.07) is 4.01. The van der Waals surface area contributed by atoms with Gasteiger partial charge in [-0.2, -0.15) is 0 Å². The zero-order chi connectivity index (χ0) is 18.7. The molecule has 1 unspecified atom stereocenters. The second kappa shape index (κ2) is 8.22. The molecule has 0 spiro atoms. The van der Waals surface area contributed by atoms with Crippen LogP contribution in [0.4, 0.5) is 0 Å². The van der Waals surface area contributed by atoms with E-state index in [1.165, 1.54) is 11.8 Å². The van der Waals surface area contributed by atoms with Gasteiger partial charge in [-0.15, -0.1) is 21.5 Å². The summed E-state index contributed by atoms with van der Waals surface area (Å²) in [4.78, 5) is 26.9. The topological polar surface area (TPSA) is 94.1 Å². The zero-order valence-electron chi connectivity index (χ0n) is 14.9. The molecular formula is C17H23N5O2S2. The Morgan fingerprint density at radius 2 is 2.12 bits per heavy atom. The highest BCUT2D eigenvalue weighted by atomic mass is 32.2. The maximum atomic E-state index is 12.7. The maximum absolute atomic E-state index is 12.7. The predicted octanol–water partition coefficient (Wildman–Crippen LogP) is 2.23. The van der Waals surface area contributed by atoms with Crippen molar-refractivity contribution in [2.45, 2.75) is 43.6 Å². The summed E-state index contributed by atoms with van der Waals surface area (Å²) in [5, 5.41) is 11.1. The van der Waals surface area contributed by atoms with Gasteiger partial charge in [-0.25, -0.2) is 0 Å². The van der Waals surface area contributed by atoms with Crippen LogP contribution >= 0.6 is 23.1 Å². The Balaban J connectivity index is 1.66. The first-order chi connectivity index (χ1) is 12.5. The third-order valence-corrected chi connectivity index (χ3v) is 6.55. The number of thioether (sulfide) groups is 1. The van der Waals surface area contributed by atoms with Crippen molar-refractivity contribution in [2.75, 3.05) is 13.1 Å². The molecule has 7 nitrogen and oxygen atoms in total. The first kappa shape index (κ1) is 18.9. The number of hydrogen-bond acceptors (Lipinski definition) is 6. The van der Waals surface area contributed by atoms with Gasteiger partial charge in [0.05, 0.1) is 10.1 Å². The van der Waals surface area contributed by atoms with E-state index in [1.54, 1.807) is 11.3 Å². The summed E-state index contributed by atoms with van der Waals surface area (Å²) in [5.41, 5.74) is 5.36. The number of likely N-dealkylation sites (tertiary alicyclic amines) is 1. The molecular weight excluding hydrogens is 370 g/mol. The Labute approximate surface area is 161 Å². The van der Waals surface area contributed by atoms with Gasteiger partial charge in [0.1, 0.15) is 0 Å². The SMILES string of the molecule is CCn1c(SC(C)C(=O)N2CCC(C(N)=O)CC2)nnc1-c1cccs1. The van der Waals surface area contributed by atoms with E-state index in [1.807, 2.05) is 40.8 Å². The highest BCUT2D eigenvalue weighted by Gasteiger charge is 2.29. The number of hydrogen-bond donors (Lipinski definition) is 1. The van der Waals surface area contributed by atoms with Gasteiger partial charge in [-0.3, -0.25) is 9.59 Å². The van der Waals surface area contributed by atoms with Crippen LogP contribution in [0, 0.1) is 5.92 Å². The summed E-state index contributed by atoms with van der Waals surface area (Å²) in [6.45, 7) is 5.85. The molecule has 3 heterocycles. The molecule has 1 aliphatic rings.